The van der Waals surface area contributed by atoms with Gasteiger partial charge in [-0.1, -0.05) is 24.3 Å². The molecule has 0 bridgehead atoms. The summed E-state index contributed by atoms with van der Waals surface area (Å²) in [5, 5.41) is 0. The van der Waals surface area contributed by atoms with E-state index in [0.717, 1.165) is 0 Å². The van der Waals surface area contributed by atoms with Crippen LogP contribution in [0.2, 0.25) is 0 Å². The zero-order valence-electron chi connectivity index (χ0n) is 6.03. The highest BCUT2D eigenvalue weighted by atomic mass is 32.2. The van der Waals surface area contributed by atoms with Crippen molar-refractivity contribution in [2.24, 2.45) is 0 Å². The molecule has 1 N–H and O–H groups in total. The van der Waals surface area contributed by atoms with Gasteiger partial charge in [-0.2, -0.15) is 0 Å². The van der Waals surface area contributed by atoms with Crippen molar-refractivity contribution in [3.8, 4) is 11.1 Å². The molecule has 2 rings (SSSR count). The summed E-state index contributed by atoms with van der Waals surface area (Å²) in [6, 6.07) is 8.48. The van der Waals surface area contributed by atoms with Crippen molar-refractivity contribution < 1.29 is 8.76 Å². The van der Waals surface area contributed by atoms with Crippen LogP contribution in [0.4, 0.5) is 0 Å². The first kappa shape index (κ1) is 8.39. The zero-order valence-corrected chi connectivity index (χ0v) is 6.85. The van der Waals surface area contributed by atoms with Crippen molar-refractivity contribution in [2.75, 3.05) is 7.05 Å². The van der Waals surface area contributed by atoms with Crippen LogP contribution < -0.4 is 4.72 Å². The molecule has 11 heavy (non-hydrogen) atoms. The molecule has 2 aliphatic carbocycles. The number of hydrogen-bond acceptors (Lipinski definition) is 2. The Hall–Kier alpha value is -0.710. The van der Waals surface area contributed by atoms with Crippen LogP contribution in [-0.2, 0) is 11.3 Å². The molecule has 60 valence electrons. The summed E-state index contributed by atoms with van der Waals surface area (Å²) in [5.41, 5.74) is 2.85. The van der Waals surface area contributed by atoms with E-state index in [0.29, 0.717) is 0 Å². The third-order valence-electron chi connectivity index (χ3n) is 1.38. The van der Waals surface area contributed by atoms with Gasteiger partial charge in [0.05, 0.1) is 0 Å². The Labute approximate surface area is 67.9 Å². The van der Waals surface area contributed by atoms with Crippen LogP contribution in [0.25, 0.3) is 11.1 Å². The first-order valence-electron chi connectivity index (χ1n) is 3.11. The monoisotopic (exact) mass is 170 g/mol. The molecular formula is C7H8NO2S-. The van der Waals surface area contributed by atoms with Gasteiger partial charge in [-0.3, -0.25) is 8.93 Å². The fourth-order valence-corrected chi connectivity index (χ4v) is 0.663. The van der Waals surface area contributed by atoms with Crippen molar-refractivity contribution in [3.63, 3.8) is 0 Å². The second-order valence-electron chi connectivity index (χ2n) is 2.02. The molecule has 0 aromatic carbocycles. The van der Waals surface area contributed by atoms with Crippen molar-refractivity contribution >= 4 is 11.3 Å². The Kier molecular flexibility index (Phi) is 2.76. The minimum absolute atomic E-state index is 1.34. The third-order valence-corrected chi connectivity index (χ3v) is 1.72. The molecule has 1 unspecified atom stereocenters. The summed E-state index contributed by atoms with van der Waals surface area (Å²) in [4.78, 5) is 0. The molecule has 0 saturated heterocycles. The lowest BCUT2D eigenvalue weighted by molar-refractivity contribution is 0.529. The van der Waals surface area contributed by atoms with E-state index in [2.05, 4.69) is 24.3 Å². The van der Waals surface area contributed by atoms with Crippen LogP contribution in [0.5, 0.6) is 0 Å². The highest BCUT2D eigenvalue weighted by Gasteiger charge is 2.03. The fraction of sp³-hybridized carbons (Fsp3) is 0.143. The Bertz CT molecular complexity index is 237. The molecule has 2 aliphatic rings. The minimum atomic E-state index is -2.07. The van der Waals surface area contributed by atoms with Crippen LogP contribution in [0.3, 0.4) is 0 Å². The van der Waals surface area contributed by atoms with E-state index in [1.807, 2.05) is 4.72 Å². The molecule has 0 radical (unpaired) electrons. The Morgan fingerprint density at radius 1 is 1.27 bits per heavy atom. The first-order chi connectivity index (χ1) is 5.24. The van der Waals surface area contributed by atoms with E-state index < -0.39 is 11.3 Å². The number of rotatable bonds is 1. The third kappa shape index (κ3) is 2.11. The number of benzene rings is 1. The Morgan fingerprint density at radius 3 is 1.55 bits per heavy atom. The summed E-state index contributed by atoms with van der Waals surface area (Å²) in [6.45, 7) is 0. The summed E-state index contributed by atoms with van der Waals surface area (Å²) < 4.78 is 20.5. The molecule has 0 aromatic heterocycles. The lowest BCUT2D eigenvalue weighted by atomic mass is 9.95. The van der Waals surface area contributed by atoms with Gasteiger partial charge in [0.1, 0.15) is 0 Å². The number of nitrogens with one attached hydrogen (secondary N) is 1. The highest BCUT2D eigenvalue weighted by Crippen LogP contribution is 2.29. The lowest BCUT2D eigenvalue weighted by Gasteiger charge is -2.10. The standard InChI is InChI=1S/C6H4.CH5NO2S/c1-2-6-4-3-5(1)6;1-2-5(3)4/h1-4H;2H,1H3,(H,3,4)/p-1. The van der Waals surface area contributed by atoms with Gasteiger partial charge in [0.2, 0.25) is 0 Å². The van der Waals surface area contributed by atoms with Crippen molar-refractivity contribution in [1.29, 1.82) is 0 Å². The van der Waals surface area contributed by atoms with Crippen molar-refractivity contribution in [2.45, 2.75) is 0 Å². The average Bonchev–Trinajstić information content (AvgIpc) is 1.98. The second-order valence-corrected chi connectivity index (χ2v) is 2.89. The molecule has 0 aliphatic heterocycles. The van der Waals surface area contributed by atoms with Gasteiger partial charge >= 0.3 is 0 Å². The molecule has 0 aromatic rings. The van der Waals surface area contributed by atoms with Gasteiger partial charge in [0.15, 0.2) is 0 Å². The summed E-state index contributed by atoms with van der Waals surface area (Å²) >= 11 is -2.07. The molecule has 0 saturated carbocycles. The van der Waals surface area contributed by atoms with Gasteiger partial charge in [-0.15, -0.1) is 0 Å². The summed E-state index contributed by atoms with van der Waals surface area (Å²) in [7, 11) is 1.34. The Morgan fingerprint density at radius 2 is 1.55 bits per heavy atom. The van der Waals surface area contributed by atoms with Gasteiger partial charge in [-0.05, 0) is 18.2 Å². The van der Waals surface area contributed by atoms with Crippen LogP contribution in [0.15, 0.2) is 24.3 Å². The molecule has 0 amide bonds. The summed E-state index contributed by atoms with van der Waals surface area (Å²) in [6.07, 6.45) is 0. The first-order valence-corrected chi connectivity index (χ1v) is 4.18. The van der Waals surface area contributed by atoms with E-state index >= 15 is 0 Å². The summed E-state index contributed by atoms with van der Waals surface area (Å²) in [5.74, 6) is 0. The van der Waals surface area contributed by atoms with Crippen LogP contribution in [0.1, 0.15) is 0 Å². The van der Waals surface area contributed by atoms with E-state index in [1.54, 1.807) is 0 Å². The van der Waals surface area contributed by atoms with Crippen molar-refractivity contribution in [3.05, 3.63) is 24.3 Å². The average molecular weight is 170 g/mol. The molecule has 0 heterocycles. The largest absolute Gasteiger partial charge is 0.760 e. The molecular weight excluding hydrogens is 162 g/mol. The van der Waals surface area contributed by atoms with Crippen LogP contribution in [0, 0.1) is 0 Å². The maximum atomic E-state index is 9.26. The molecule has 0 spiro atoms. The maximum absolute atomic E-state index is 9.26. The normalized spacial score (nSPS) is 12.9. The van der Waals surface area contributed by atoms with Gasteiger partial charge < -0.3 is 4.55 Å². The van der Waals surface area contributed by atoms with E-state index in [9.17, 15) is 8.76 Å². The molecule has 3 nitrogen and oxygen atoms in total. The fourth-order valence-electron chi connectivity index (χ4n) is 0.663. The highest BCUT2D eigenvalue weighted by molar-refractivity contribution is 7.77. The van der Waals surface area contributed by atoms with Gasteiger partial charge in [0, 0.05) is 11.3 Å². The quantitative estimate of drug-likeness (QED) is 0.639. The van der Waals surface area contributed by atoms with E-state index in [1.165, 1.54) is 18.2 Å². The van der Waals surface area contributed by atoms with Gasteiger partial charge in [0.25, 0.3) is 0 Å². The molecule has 1 atom stereocenters. The molecule has 4 heteroatoms. The SMILES string of the molecule is CNS(=O)[O-].c1cc2ccc1-2. The molecule has 0 fully saturated rings. The van der Waals surface area contributed by atoms with Gasteiger partial charge in [-0.25, -0.2) is 0 Å². The van der Waals surface area contributed by atoms with E-state index in [4.69, 9.17) is 0 Å². The van der Waals surface area contributed by atoms with E-state index in [-0.39, 0.29) is 0 Å². The van der Waals surface area contributed by atoms with Crippen molar-refractivity contribution in [1.82, 2.24) is 4.72 Å². The van der Waals surface area contributed by atoms with Crippen LogP contribution >= 0.6 is 0 Å². The second kappa shape index (κ2) is 3.61. The number of hydrogen-bond donors (Lipinski definition) is 1. The minimum Gasteiger partial charge on any atom is -0.760 e. The maximum Gasteiger partial charge on any atom is 0.0178 e. The number of fused-ring (bicyclic) bond motifs is 1. The Balaban J connectivity index is 0.000000114. The predicted octanol–water partition coefficient (Wildman–Crippen LogP) is 0.667. The topological polar surface area (TPSA) is 52.2 Å². The van der Waals surface area contributed by atoms with Crippen LogP contribution in [-0.4, -0.2) is 15.8 Å². The predicted molar refractivity (Wildman–Crippen MR) is 43.4 cm³/mol. The lowest BCUT2D eigenvalue weighted by Crippen LogP contribution is -2.07. The zero-order chi connectivity index (χ0) is 8.27. The smallest absolute Gasteiger partial charge is 0.0178 e.